The highest BCUT2D eigenvalue weighted by Crippen LogP contribution is 2.30. The first-order valence-corrected chi connectivity index (χ1v) is 7.71. The lowest BCUT2D eigenvalue weighted by Crippen LogP contribution is -2.40. The molecule has 0 amide bonds. The number of nitrogens with zero attached hydrogens (tertiary/aromatic N) is 3. The highest BCUT2D eigenvalue weighted by molar-refractivity contribution is 6.30. The van der Waals surface area contributed by atoms with Crippen LogP contribution >= 0.6 is 11.6 Å². The third-order valence-electron chi connectivity index (χ3n) is 3.95. The van der Waals surface area contributed by atoms with Crippen molar-refractivity contribution in [1.29, 1.82) is 0 Å². The molecule has 1 N–H and O–H groups in total. The van der Waals surface area contributed by atoms with Gasteiger partial charge in [-0.2, -0.15) is 5.10 Å². The summed E-state index contributed by atoms with van der Waals surface area (Å²) < 4.78 is 1.78. The van der Waals surface area contributed by atoms with Gasteiger partial charge in [-0.25, -0.2) is 4.68 Å². The molecule has 116 valence electrons. The number of aromatic nitrogens is 2. The molecule has 22 heavy (non-hydrogen) atoms. The van der Waals surface area contributed by atoms with E-state index in [-0.39, 0.29) is 0 Å². The van der Waals surface area contributed by atoms with Crippen molar-refractivity contribution in [3.8, 4) is 5.69 Å². The summed E-state index contributed by atoms with van der Waals surface area (Å²) in [6.45, 7) is 2.29. The van der Waals surface area contributed by atoms with E-state index in [9.17, 15) is 9.90 Å². The average Bonchev–Trinajstić information content (AvgIpc) is 3.24. The summed E-state index contributed by atoms with van der Waals surface area (Å²) in [5, 5.41) is 14.5. The first-order chi connectivity index (χ1) is 10.5. The van der Waals surface area contributed by atoms with E-state index in [1.54, 1.807) is 11.6 Å². The summed E-state index contributed by atoms with van der Waals surface area (Å²) >= 11 is 5.89. The predicted octanol–water partition coefficient (Wildman–Crippen LogP) is 2.96. The summed E-state index contributed by atoms with van der Waals surface area (Å²) in [5.74, 6) is -0.788. The fraction of sp³-hybridized carbons (Fsp3) is 0.375. The summed E-state index contributed by atoms with van der Waals surface area (Å²) in [5.41, 5.74) is 1.80. The lowest BCUT2D eigenvalue weighted by Gasteiger charge is -2.25. The first-order valence-electron chi connectivity index (χ1n) is 7.33. The van der Waals surface area contributed by atoms with Crippen molar-refractivity contribution in [3.63, 3.8) is 0 Å². The molecule has 1 atom stereocenters. The number of carboxylic acid groups (broad SMARTS) is 1. The zero-order chi connectivity index (χ0) is 15.7. The summed E-state index contributed by atoms with van der Waals surface area (Å²) in [7, 11) is 0. The van der Waals surface area contributed by atoms with Crippen LogP contribution in [0, 0.1) is 0 Å². The quantitative estimate of drug-likeness (QED) is 0.889. The molecule has 0 radical (unpaired) electrons. The normalized spacial score (nSPS) is 16.0. The minimum Gasteiger partial charge on any atom is -0.480 e. The Labute approximate surface area is 134 Å². The largest absolute Gasteiger partial charge is 0.480 e. The van der Waals surface area contributed by atoms with Gasteiger partial charge in [0.2, 0.25) is 0 Å². The Bertz CT molecular complexity index is 664. The highest BCUT2D eigenvalue weighted by Gasteiger charge is 2.35. The van der Waals surface area contributed by atoms with Crippen molar-refractivity contribution in [2.24, 2.45) is 0 Å². The van der Waals surface area contributed by atoms with E-state index in [0.717, 1.165) is 24.2 Å². The third kappa shape index (κ3) is 3.31. The molecule has 0 spiro atoms. The SMILES string of the molecule is CC(C(=O)O)N(Cc1ccn(-c2ccc(Cl)cc2)n1)C1CC1. The smallest absolute Gasteiger partial charge is 0.320 e. The van der Waals surface area contributed by atoms with E-state index in [1.165, 1.54) is 0 Å². The third-order valence-corrected chi connectivity index (χ3v) is 4.20. The molecule has 5 nitrogen and oxygen atoms in total. The Hall–Kier alpha value is -1.85. The number of hydrogen-bond acceptors (Lipinski definition) is 3. The van der Waals surface area contributed by atoms with Crippen molar-refractivity contribution in [1.82, 2.24) is 14.7 Å². The minimum atomic E-state index is -0.788. The molecule has 1 unspecified atom stereocenters. The van der Waals surface area contributed by atoms with Crippen LogP contribution in [0.4, 0.5) is 0 Å². The number of hydrogen-bond donors (Lipinski definition) is 1. The fourth-order valence-corrected chi connectivity index (χ4v) is 2.63. The van der Waals surface area contributed by atoms with Gasteiger partial charge in [0.05, 0.1) is 11.4 Å². The number of rotatable bonds is 6. The van der Waals surface area contributed by atoms with Crippen LogP contribution in [0.3, 0.4) is 0 Å². The van der Waals surface area contributed by atoms with Crippen LogP contribution in [0.25, 0.3) is 5.69 Å². The van der Waals surface area contributed by atoms with Crippen LogP contribution in [0.1, 0.15) is 25.5 Å². The number of aliphatic carboxylic acids is 1. The molecule has 1 aliphatic carbocycles. The molecular weight excluding hydrogens is 302 g/mol. The van der Waals surface area contributed by atoms with Crippen molar-refractivity contribution in [3.05, 3.63) is 47.2 Å². The van der Waals surface area contributed by atoms with E-state index in [2.05, 4.69) is 5.10 Å². The Morgan fingerprint density at radius 2 is 2.09 bits per heavy atom. The lowest BCUT2D eigenvalue weighted by molar-refractivity contribution is -0.143. The number of carbonyl (C=O) groups is 1. The van der Waals surface area contributed by atoms with Crippen LogP contribution in [-0.4, -0.2) is 37.8 Å². The molecule has 6 heteroatoms. The van der Waals surface area contributed by atoms with E-state index >= 15 is 0 Å². The van der Waals surface area contributed by atoms with Gasteiger partial charge in [-0.1, -0.05) is 11.6 Å². The molecule has 0 saturated heterocycles. The maximum absolute atomic E-state index is 11.2. The summed E-state index contributed by atoms with van der Waals surface area (Å²) in [6.07, 6.45) is 4.01. The lowest BCUT2D eigenvalue weighted by atomic mass is 10.2. The monoisotopic (exact) mass is 319 g/mol. The molecule has 3 rings (SSSR count). The van der Waals surface area contributed by atoms with Crippen molar-refractivity contribution in [2.75, 3.05) is 0 Å². The zero-order valence-electron chi connectivity index (χ0n) is 12.3. The minimum absolute atomic E-state index is 0.367. The predicted molar refractivity (Wildman–Crippen MR) is 84.2 cm³/mol. The van der Waals surface area contributed by atoms with Crippen LogP contribution < -0.4 is 0 Å². The molecule has 1 aromatic heterocycles. The maximum atomic E-state index is 11.2. The van der Waals surface area contributed by atoms with E-state index in [4.69, 9.17) is 11.6 Å². The van der Waals surface area contributed by atoms with Gasteiger partial charge in [0.15, 0.2) is 0 Å². The van der Waals surface area contributed by atoms with Crippen LogP contribution in [0.2, 0.25) is 5.02 Å². The van der Waals surface area contributed by atoms with Gasteiger partial charge in [-0.3, -0.25) is 9.69 Å². The molecule has 1 fully saturated rings. The molecular formula is C16H18ClN3O2. The average molecular weight is 320 g/mol. The van der Waals surface area contributed by atoms with Crippen LogP contribution in [-0.2, 0) is 11.3 Å². The van der Waals surface area contributed by atoms with Gasteiger partial charge >= 0.3 is 5.97 Å². The zero-order valence-corrected chi connectivity index (χ0v) is 13.1. The van der Waals surface area contributed by atoms with Crippen molar-refractivity contribution < 1.29 is 9.90 Å². The Kier molecular flexibility index (Phi) is 4.18. The fourth-order valence-electron chi connectivity index (χ4n) is 2.50. The highest BCUT2D eigenvalue weighted by atomic mass is 35.5. The molecule has 2 aromatic rings. The molecule has 1 heterocycles. The van der Waals surface area contributed by atoms with Crippen LogP contribution in [0.15, 0.2) is 36.5 Å². The van der Waals surface area contributed by atoms with Gasteiger partial charge in [-0.05, 0) is 50.1 Å². The van der Waals surface area contributed by atoms with Gasteiger partial charge < -0.3 is 5.11 Å². The van der Waals surface area contributed by atoms with Gasteiger partial charge in [0.25, 0.3) is 0 Å². The van der Waals surface area contributed by atoms with E-state index in [1.807, 2.05) is 41.4 Å². The summed E-state index contributed by atoms with van der Waals surface area (Å²) in [6, 6.07) is 9.25. The molecule has 1 saturated carbocycles. The second-order valence-electron chi connectivity index (χ2n) is 5.65. The van der Waals surface area contributed by atoms with E-state index in [0.29, 0.717) is 17.6 Å². The Balaban J connectivity index is 1.75. The Morgan fingerprint density at radius 3 is 2.68 bits per heavy atom. The van der Waals surface area contributed by atoms with Crippen molar-refractivity contribution >= 4 is 17.6 Å². The number of benzene rings is 1. The second kappa shape index (κ2) is 6.10. The second-order valence-corrected chi connectivity index (χ2v) is 6.08. The number of carboxylic acids is 1. The molecule has 1 aromatic carbocycles. The molecule has 1 aliphatic rings. The van der Waals surface area contributed by atoms with Gasteiger partial charge in [0, 0.05) is 23.8 Å². The van der Waals surface area contributed by atoms with Gasteiger partial charge in [-0.15, -0.1) is 0 Å². The standard InChI is InChI=1S/C16H18ClN3O2/c1-11(16(21)22)19(14-6-7-14)10-13-8-9-20(18-13)15-4-2-12(17)3-5-15/h2-5,8-9,11,14H,6-7,10H2,1H3,(H,21,22). The first kappa shape index (κ1) is 15.1. The molecule has 0 bridgehead atoms. The van der Waals surface area contributed by atoms with Crippen LogP contribution in [0.5, 0.6) is 0 Å². The Morgan fingerprint density at radius 1 is 1.41 bits per heavy atom. The number of halogens is 1. The topological polar surface area (TPSA) is 58.4 Å². The van der Waals surface area contributed by atoms with Gasteiger partial charge in [0.1, 0.15) is 6.04 Å². The maximum Gasteiger partial charge on any atom is 0.320 e. The summed E-state index contributed by atoms with van der Waals surface area (Å²) in [4.78, 5) is 13.3. The molecule has 0 aliphatic heterocycles. The van der Waals surface area contributed by atoms with E-state index < -0.39 is 12.0 Å². The van der Waals surface area contributed by atoms with Crippen molar-refractivity contribution in [2.45, 2.75) is 38.4 Å².